The normalized spacial score (nSPS) is 19.2. The second-order valence-corrected chi connectivity index (χ2v) is 9.09. The van der Waals surface area contributed by atoms with Crippen LogP contribution in [0, 0.1) is 0 Å². The van der Waals surface area contributed by atoms with Crippen LogP contribution in [0.15, 0.2) is 29.2 Å². The van der Waals surface area contributed by atoms with Crippen LogP contribution in [0.2, 0.25) is 0 Å². The Balaban J connectivity index is 1.69. The van der Waals surface area contributed by atoms with Gasteiger partial charge in [-0.3, -0.25) is 14.5 Å². The molecule has 2 aromatic rings. The summed E-state index contributed by atoms with van der Waals surface area (Å²) in [6.07, 6.45) is 0.835. The van der Waals surface area contributed by atoms with E-state index in [1.807, 2.05) is 6.07 Å². The molecule has 1 N–H and O–H groups in total. The number of ether oxygens (including phenoxy) is 3. The lowest BCUT2D eigenvalue weighted by Crippen LogP contribution is -2.56. The van der Waals surface area contributed by atoms with Gasteiger partial charge in [0.1, 0.15) is 17.5 Å². The van der Waals surface area contributed by atoms with Gasteiger partial charge in [0.05, 0.1) is 30.4 Å². The fraction of sp³-hybridized carbons (Fsp3) is 0.565. The molecule has 0 bridgehead atoms. The van der Waals surface area contributed by atoms with Crippen molar-refractivity contribution < 1.29 is 23.8 Å². The average Bonchev–Trinajstić information content (AvgIpc) is 2.72. The smallest absolute Gasteiger partial charge is 0.408 e. The van der Waals surface area contributed by atoms with E-state index in [1.165, 1.54) is 13.1 Å². The minimum absolute atomic E-state index is 0.200. The Morgan fingerprint density at radius 3 is 2.67 bits per heavy atom. The third-order valence-electron chi connectivity index (χ3n) is 5.36. The van der Waals surface area contributed by atoms with E-state index in [0.717, 1.165) is 0 Å². The minimum Gasteiger partial charge on any atom is -0.497 e. The second-order valence-electron chi connectivity index (χ2n) is 9.09. The van der Waals surface area contributed by atoms with Crippen molar-refractivity contribution in [2.75, 3.05) is 26.7 Å². The van der Waals surface area contributed by atoms with E-state index in [4.69, 9.17) is 14.2 Å². The number of alkyl carbamates (subject to hydrolysis) is 1. The molecular weight excluding hydrogens is 428 g/mol. The average molecular weight is 461 g/mol. The van der Waals surface area contributed by atoms with Crippen molar-refractivity contribution in [2.24, 2.45) is 0 Å². The zero-order valence-corrected chi connectivity index (χ0v) is 19.8. The Morgan fingerprint density at radius 2 is 2.00 bits per heavy atom. The molecule has 1 aromatic heterocycles. The molecule has 0 spiro atoms. The number of piperidine rings is 1. The minimum atomic E-state index is -0.620. The zero-order chi connectivity index (χ0) is 24.2. The summed E-state index contributed by atoms with van der Waals surface area (Å²) in [5, 5.41) is 2.83. The van der Waals surface area contributed by atoms with Crippen LogP contribution >= 0.6 is 0 Å². The molecule has 0 aliphatic carbocycles. The summed E-state index contributed by atoms with van der Waals surface area (Å²) in [5.74, 6) is 0.230. The summed E-state index contributed by atoms with van der Waals surface area (Å²) >= 11 is 0. The highest BCUT2D eigenvalue weighted by molar-refractivity contribution is 5.76. The first-order valence-electron chi connectivity index (χ1n) is 11.0. The lowest BCUT2D eigenvalue weighted by Gasteiger charge is -2.38. The van der Waals surface area contributed by atoms with Crippen molar-refractivity contribution in [3.8, 4) is 5.75 Å². The Labute approximate surface area is 192 Å². The van der Waals surface area contributed by atoms with Gasteiger partial charge in [-0.25, -0.2) is 9.78 Å². The lowest BCUT2D eigenvalue weighted by atomic mass is 10.0. The summed E-state index contributed by atoms with van der Waals surface area (Å²) in [6.45, 7) is 8.81. The maximum atomic E-state index is 12.5. The van der Waals surface area contributed by atoms with E-state index in [9.17, 15) is 14.4 Å². The molecule has 1 aliphatic heterocycles. The predicted octanol–water partition coefficient (Wildman–Crippen LogP) is 1.94. The van der Waals surface area contributed by atoms with Crippen molar-refractivity contribution in [2.45, 2.75) is 58.4 Å². The quantitative estimate of drug-likeness (QED) is 0.651. The number of esters is 1. The first-order valence-corrected chi connectivity index (χ1v) is 11.0. The number of amides is 1. The zero-order valence-electron chi connectivity index (χ0n) is 19.8. The first-order chi connectivity index (χ1) is 15.6. The largest absolute Gasteiger partial charge is 0.497 e. The SMILES string of the molecule is COc1ccc2ncc(=O)n(CCN3CC[C@@H](NC(=O)OC(C)(C)C)[C@H](OC(C)=O)C3)c2c1. The molecular formula is C23H32N4O6. The van der Waals surface area contributed by atoms with Gasteiger partial charge in [0.25, 0.3) is 5.56 Å². The van der Waals surface area contributed by atoms with E-state index in [0.29, 0.717) is 49.4 Å². The number of rotatable bonds is 6. The van der Waals surface area contributed by atoms with Gasteiger partial charge >= 0.3 is 12.1 Å². The van der Waals surface area contributed by atoms with Crippen molar-refractivity contribution in [3.63, 3.8) is 0 Å². The van der Waals surface area contributed by atoms with Crippen LogP contribution < -0.4 is 15.6 Å². The molecule has 1 aromatic carbocycles. The standard InChI is InChI=1S/C23H32N4O6/c1-15(28)32-20-14-26(9-8-18(20)25-22(30)33-23(2,3)4)10-11-27-19-12-16(31-5)6-7-17(19)24-13-21(27)29/h6-7,12-13,18,20H,8-11,14H2,1-5H3,(H,25,30)/t18-,20-/m1/s1. The number of benzene rings is 1. The fourth-order valence-corrected chi connectivity index (χ4v) is 3.88. The van der Waals surface area contributed by atoms with Crippen LogP contribution in [-0.4, -0.2) is 71.0 Å². The topological polar surface area (TPSA) is 112 Å². The van der Waals surface area contributed by atoms with Crippen molar-refractivity contribution >= 4 is 23.1 Å². The van der Waals surface area contributed by atoms with Crippen molar-refractivity contribution in [1.29, 1.82) is 0 Å². The van der Waals surface area contributed by atoms with Crippen LogP contribution in [0.4, 0.5) is 4.79 Å². The van der Waals surface area contributed by atoms with Crippen molar-refractivity contribution in [3.05, 3.63) is 34.7 Å². The van der Waals surface area contributed by atoms with Gasteiger partial charge in [0, 0.05) is 39.2 Å². The number of fused-ring (bicyclic) bond motifs is 1. The monoisotopic (exact) mass is 460 g/mol. The summed E-state index contributed by atoms with van der Waals surface area (Å²) < 4.78 is 17.8. The van der Waals surface area contributed by atoms with E-state index in [1.54, 1.807) is 44.6 Å². The van der Waals surface area contributed by atoms with Gasteiger partial charge < -0.3 is 24.1 Å². The summed E-state index contributed by atoms with van der Waals surface area (Å²) in [5.41, 5.74) is 0.576. The molecule has 2 heterocycles. The molecule has 10 nitrogen and oxygen atoms in total. The van der Waals surface area contributed by atoms with Crippen LogP contribution in [-0.2, 0) is 20.8 Å². The second kappa shape index (κ2) is 10.2. The predicted molar refractivity (Wildman–Crippen MR) is 122 cm³/mol. The molecule has 33 heavy (non-hydrogen) atoms. The van der Waals surface area contributed by atoms with E-state index < -0.39 is 23.8 Å². The molecule has 0 unspecified atom stereocenters. The number of nitrogens with one attached hydrogen (secondary N) is 1. The Bertz CT molecular complexity index is 1060. The Hall–Kier alpha value is -3.14. The first kappa shape index (κ1) is 24.5. The highest BCUT2D eigenvalue weighted by Crippen LogP contribution is 2.19. The van der Waals surface area contributed by atoms with Gasteiger partial charge in [-0.2, -0.15) is 0 Å². The number of hydrogen-bond acceptors (Lipinski definition) is 8. The molecule has 1 fully saturated rings. The number of nitrogens with zero attached hydrogens (tertiary/aromatic N) is 3. The number of methoxy groups -OCH3 is 1. The molecule has 1 saturated heterocycles. The number of likely N-dealkylation sites (tertiary alicyclic amines) is 1. The van der Waals surface area contributed by atoms with Crippen LogP contribution in [0.5, 0.6) is 5.75 Å². The molecule has 0 radical (unpaired) electrons. The van der Waals surface area contributed by atoms with E-state index >= 15 is 0 Å². The summed E-state index contributed by atoms with van der Waals surface area (Å²) in [7, 11) is 1.57. The number of carbonyl (C=O) groups excluding carboxylic acids is 2. The van der Waals surface area contributed by atoms with Crippen molar-refractivity contribution in [1.82, 2.24) is 19.8 Å². The lowest BCUT2D eigenvalue weighted by molar-refractivity contribution is -0.150. The molecule has 1 amide bonds. The van der Waals surface area contributed by atoms with Gasteiger partial charge in [0.2, 0.25) is 0 Å². The van der Waals surface area contributed by atoms with Crippen LogP contribution in [0.3, 0.4) is 0 Å². The summed E-state index contributed by atoms with van der Waals surface area (Å²) in [4.78, 5) is 42.7. The number of hydrogen-bond donors (Lipinski definition) is 1. The highest BCUT2D eigenvalue weighted by Gasteiger charge is 2.33. The molecule has 180 valence electrons. The fourth-order valence-electron chi connectivity index (χ4n) is 3.88. The maximum Gasteiger partial charge on any atom is 0.408 e. The molecule has 0 saturated carbocycles. The molecule has 10 heteroatoms. The highest BCUT2D eigenvalue weighted by atomic mass is 16.6. The van der Waals surface area contributed by atoms with E-state index in [2.05, 4.69) is 15.2 Å². The van der Waals surface area contributed by atoms with Crippen LogP contribution in [0.1, 0.15) is 34.1 Å². The maximum absolute atomic E-state index is 12.5. The number of carbonyl (C=O) groups is 2. The third kappa shape index (κ3) is 6.67. The summed E-state index contributed by atoms with van der Waals surface area (Å²) in [6, 6.07) is 5.06. The Morgan fingerprint density at radius 1 is 1.24 bits per heavy atom. The molecule has 2 atom stereocenters. The Kier molecular flexibility index (Phi) is 7.57. The van der Waals surface area contributed by atoms with Gasteiger partial charge in [0.15, 0.2) is 0 Å². The van der Waals surface area contributed by atoms with E-state index in [-0.39, 0.29) is 11.6 Å². The molecule has 1 aliphatic rings. The third-order valence-corrected chi connectivity index (χ3v) is 5.36. The van der Waals surface area contributed by atoms with Gasteiger partial charge in [-0.1, -0.05) is 0 Å². The molecule has 3 rings (SSSR count). The number of aromatic nitrogens is 2. The van der Waals surface area contributed by atoms with Crippen LogP contribution in [0.25, 0.3) is 11.0 Å². The van der Waals surface area contributed by atoms with Gasteiger partial charge in [-0.15, -0.1) is 0 Å². The van der Waals surface area contributed by atoms with Gasteiger partial charge in [-0.05, 0) is 39.3 Å².